The number of carbonyl (C=O) groups excluding carboxylic acids is 1. The Morgan fingerprint density at radius 2 is 2.00 bits per heavy atom. The Morgan fingerprint density at radius 1 is 1.29 bits per heavy atom. The van der Waals surface area contributed by atoms with E-state index in [1.54, 1.807) is 0 Å². The summed E-state index contributed by atoms with van der Waals surface area (Å²) in [6.07, 6.45) is 7.67. The molecule has 0 aromatic heterocycles. The number of amides is 1. The van der Waals surface area contributed by atoms with Crippen LogP contribution in [0.3, 0.4) is 0 Å². The minimum Gasteiger partial charge on any atom is -0.326 e. The van der Waals surface area contributed by atoms with Crippen molar-refractivity contribution in [2.45, 2.75) is 51.1 Å². The normalized spacial score (nSPS) is 16.7. The maximum Gasteiger partial charge on any atom is 0.238 e. The number of nitrogens with two attached hydrogens (primary N) is 1. The number of likely N-dealkylation sites (N-methyl/N-ethyl adjacent to an activating group) is 1. The molecular formula is C17H27N3O. The fraction of sp³-hybridized carbons (Fsp3) is 0.588. The number of anilines is 1. The first-order valence-electron chi connectivity index (χ1n) is 7.98. The van der Waals surface area contributed by atoms with E-state index in [1.165, 1.54) is 38.5 Å². The van der Waals surface area contributed by atoms with E-state index in [2.05, 4.69) is 17.3 Å². The minimum atomic E-state index is 0.0518. The first kappa shape index (κ1) is 16.0. The van der Waals surface area contributed by atoms with Crippen molar-refractivity contribution in [2.75, 3.05) is 18.9 Å². The number of hydrogen-bond acceptors (Lipinski definition) is 3. The number of carbonyl (C=O) groups is 1. The van der Waals surface area contributed by atoms with E-state index in [1.807, 2.05) is 24.3 Å². The Labute approximate surface area is 127 Å². The van der Waals surface area contributed by atoms with Gasteiger partial charge < -0.3 is 11.1 Å². The molecule has 116 valence electrons. The van der Waals surface area contributed by atoms with Crippen LogP contribution in [0.2, 0.25) is 0 Å². The van der Waals surface area contributed by atoms with E-state index in [9.17, 15) is 4.79 Å². The van der Waals surface area contributed by atoms with Gasteiger partial charge in [-0.25, -0.2) is 0 Å². The van der Waals surface area contributed by atoms with E-state index < -0.39 is 0 Å². The summed E-state index contributed by atoms with van der Waals surface area (Å²) in [6, 6.07) is 8.28. The van der Waals surface area contributed by atoms with Crippen LogP contribution in [0, 0.1) is 0 Å². The largest absolute Gasteiger partial charge is 0.326 e. The van der Waals surface area contributed by atoms with Crippen LogP contribution in [0.25, 0.3) is 0 Å². The lowest BCUT2D eigenvalue weighted by Gasteiger charge is -2.26. The number of nitrogens with one attached hydrogen (secondary N) is 1. The molecule has 0 saturated heterocycles. The molecule has 0 unspecified atom stereocenters. The van der Waals surface area contributed by atoms with Gasteiger partial charge in [-0.3, -0.25) is 9.69 Å². The molecule has 0 heterocycles. The second kappa shape index (κ2) is 8.15. The summed E-state index contributed by atoms with van der Waals surface area (Å²) < 4.78 is 0. The molecule has 1 aromatic rings. The number of nitrogens with zero attached hydrogens (tertiary/aromatic N) is 1. The van der Waals surface area contributed by atoms with Gasteiger partial charge in [-0.1, -0.05) is 37.8 Å². The van der Waals surface area contributed by atoms with Gasteiger partial charge in [0.25, 0.3) is 0 Å². The van der Waals surface area contributed by atoms with Crippen molar-refractivity contribution in [2.24, 2.45) is 5.73 Å². The van der Waals surface area contributed by atoms with Crippen molar-refractivity contribution in [3.63, 3.8) is 0 Å². The summed E-state index contributed by atoms with van der Waals surface area (Å²) in [6.45, 7) is 0.948. The van der Waals surface area contributed by atoms with E-state index >= 15 is 0 Å². The molecule has 3 N–H and O–H groups in total. The third-order valence-corrected chi connectivity index (χ3v) is 4.29. The van der Waals surface area contributed by atoms with Crippen molar-refractivity contribution in [3.8, 4) is 0 Å². The maximum atomic E-state index is 12.2. The van der Waals surface area contributed by atoms with E-state index in [4.69, 9.17) is 5.73 Å². The van der Waals surface area contributed by atoms with Crippen LogP contribution in [0.1, 0.15) is 44.1 Å². The molecule has 1 aliphatic rings. The molecule has 0 spiro atoms. The first-order chi connectivity index (χ1) is 10.2. The van der Waals surface area contributed by atoms with Crippen LogP contribution in [-0.4, -0.2) is 30.4 Å². The van der Waals surface area contributed by atoms with Gasteiger partial charge >= 0.3 is 0 Å². The number of rotatable bonds is 5. The van der Waals surface area contributed by atoms with Gasteiger partial charge in [0.2, 0.25) is 5.91 Å². The molecule has 2 rings (SSSR count). The van der Waals surface area contributed by atoms with Crippen molar-refractivity contribution < 1.29 is 4.79 Å². The molecule has 1 fully saturated rings. The first-order valence-corrected chi connectivity index (χ1v) is 7.98. The third-order valence-electron chi connectivity index (χ3n) is 4.29. The Kier molecular flexibility index (Phi) is 6.21. The molecular weight excluding hydrogens is 262 g/mol. The van der Waals surface area contributed by atoms with Crippen LogP contribution in [0.5, 0.6) is 0 Å². The zero-order chi connectivity index (χ0) is 15.1. The third kappa shape index (κ3) is 5.14. The predicted molar refractivity (Wildman–Crippen MR) is 87.1 cm³/mol. The molecule has 0 aliphatic heterocycles. The van der Waals surface area contributed by atoms with Crippen molar-refractivity contribution in [1.82, 2.24) is 4.90 Å². The highest BCUT2D eigenvalue weighted by Gasteiger charge is 2.18. The average Bonchev–Trinajstić information content (AvgIpc) is 2.76. The molecule has 0 bridgehead atoms. The lowest BCUT2D eigenvalue weighted by Crippen LogP contribution is -2.37. The Bertz CT molecular complexity index is 453. The summed E-state index contributed by atoms with van der Waals surface area (Å²) in [5.74, 6) is 0.0518. The van der Waals surface area contributed by atoms with Crippen molar-refractivity contribution in [3.05, 3.63) is 29.8 Å². The highest BCUT2D eigenvalue weighted by Crippen LogP contribution is 2.21. The van der Waals surface area contributed by atoms with Crippen LogP contribution in [0.15, 0.2) is 24.3 Å². The molecule has 21 heavy (non-hydrogen) atoms. The van der Waals surface area contributed by atoms with E-state index in [-0.39, 0.29) is 5.91 Å². The summed E-state index contributed by atoms with van der Waals surface area (Å²) in [7, 11) is 2.06. The molecule has 4 nitrogen and oxygen atoms in total. The van der Waals surface area contributed by atoms with Gasteiger partial charge in [0.05, 0.1) is 6.54 Å². The lowest BCUT2D eigenvalue weighted by molar-refractivity contribution is -0.117. The van der Waals surface area contributed by atoms with Crippen molar-refractivity contribution >= 4 is 11.6 Å². The van der Waals surface area contributed by atoms with Crippen LogP contribution >= 0.6 is 0 Å². The van der Waals surface area contributed by atoms with Crippen LogP contribution in [-0.2, 0) is 11.3 Å². The zero-order valence-corrected chi connectivity index (χ0v) is 13.0. The minimum absolute atomic E-state index is 0.0518. The van der Waals surface area contributed by atoms with E-state index in [0.717, 1.165) is 11.3 Å². The molecule has 1 saturated carbocycles. The van der Waals surface area contributed by atoms with Crippen LogP contribution in [0.4, 0.5) is 5.69 Å². The quantitative estimate of drug-likeness (QED) is 0.819. The Hall–Kier alpha value is -1.39. The SMILES string of the molecule is CN(CC(=O)Nc1cccc(CN)c1)C1CCCCCC1. The monoisotopic (exact) mass is 289 g/mol. The number of hydrogen-bond donors (Lipinski definition) is 2. The molecule has 1 aliphatic carbocycles. The predicted octanol–water partition coefficient (Wildman–Crippen LogP) is 2.74. The Balaban J connectivity index is 1.85. The second-order valence-corrected chi connectivity index (χ2v) is 6.01. The average molecular weight is 289 g/mol. The Morgan fingerprint density at radius 3 is 2.67 bits per heavy atom. The standard InChI is InChI=1S/C17H27N3O/c1-20(16-9-4-2-3-5-10-16)13-17(21)19-15-8-6-7-14(11-15)12-18/h6-8,11,16H,2-5,9-10,12-13,18H2,1H3,(H,19,21). The highest BCUT2D eigenvalue weighted by molar-refractivity contribution is 5.92. The second-order valence-electron chi connectivity index (χ2n) is 6.01. The maximum absolute atomic E-state index is 12.2. The summed E-state index contributed by atoms with van der Waals surface area (Å²) in [5.41, 5.74) is 7.48. The lowest BCUT2D eigenvalue weighted by atomic mass is 10.1. The summed E-state index contributed by atoms with van der Waals surface area (Å²) in [5, 5.41) is 2.97. The highest BCUT2D eigenvalue weighted by atomic mass is 16.2. The van der Waals surface area contributed by atoms with E-state index in [0.29, 0.717) is 19.1 Å². The zero-order valence-electron chi connectivity index (χ0n) is 13.0. The van der Waals surface area contributed by atoms with Crippen molar-refractivity contribution in [1.29, 1.82) is 0 Å². The summed E-state index contributed by atoms with van der Waals surface area (Å²) >= 11 is 0. The smallest absolute Gasteiger partial charge is 0.238 e. The van der Waals surface area contributed by atoms with Gasteiger partial charge in [-0.05, 0) is 37.6 Å². The number of benzene rings is 1. The summed E-state index contributed by atoms with van der Waals surface area (Å²) in [4.78, 5) is 14.4. The van der Waals surface area contributed by atoms with Gasteiger partial charge in [-0.15, -0.1) is 0 Å². The molecule has 4 heteroatoms. The topological polar surface area (TPSA) is 58.4 Å². The molecule has 1 aromatic carbocycles. The van der Waals surface area contributed by atoms with Gasteiger partial charge in [0.15, 0.2) is 0 Å². The van der Waals surface area contributed by atoms with Gasteiger partial charge in [-0.2, -0.15) is 0 Å². The molecule has 1 amide bonds. The fourth-order valence-corrected chi connectivity index (χ4v) is 3.03. The molecule has 0 atom stereocenters. The van der Waals surface area contributed by atoms with Gasteiger partial charge in [0.1, 0.15) is 0 Å². The van der Waals surface area contributed by atoms with Crippen LogP contribution < -0.4 is 11.1 Å². The fourth-order valence-electron chi connectivity index (χ4n) is 3.03. The van der Waals surface area contributed by atoms with Gasteiger partial charge in [0, 0.05) is 18.3 Å². The molecule has 0 radical (unpaired) electrons.